The molecule has 2 saturated heterocycles. The Bertz CT molecular complexity index is 1600. The Morgan fingerprint density at radius 1 is 1.19 bits per heavy atom. The number of hydrogen-bond acceptors (Lipinski definition) is 9. The van der Waals surface area contributed by atoms with E-state index in [0.29, 0.717) is 67.5 Å². The highest BCUT2D eigenvalue weighted by atomic mass is 16.5. The first-order valence-corrected chi connectivity index (χ1v) is 14.5. The van der Waals surface area contributed by atoms with E-state index in [1.165, 1.54) is 0 Å². The molecule has 4 fully saturated rings. The second kappa shape index (κ2) is 10.4. The summed E-state index contributed by atoms with van der Waals surface area (Å²) >= 11 is 0. The first-order chi connectivity index (χ1) is 20.3. The summed E-state index contributed by atoms with van der Waals surface area (Å²) in [7, 11) is 0. The van der Waals surface area contributed by atoms with Crippen molar-refractivity contribution < 1.29 is 28.9 Å². The van der Waals surface area contributed by atoms with Crippen LogP contribution in [0.5, 0.6) is 11.5 Å². The van der Waals surface area contributed by atoms with E-state index in [-0.39, 0.29) is 41.0 Å². The molecule has 8 rings (SSSR count). The van der Waals surface area contributed by atoms with Gasteiger partial charge in [-0.3, -0.25) is 19.4 Å². The smallest absolute Gasteiger partial charge is 0.306 e. The molecule has 2 bridgehead atoms. The maximum atomic E-state index is 12.9. The van der Waals surface area contributed by atoms with E-state index in [9.17, 15) is 14.4 Å². The normalized spacial score (nSPS) is 27.7. The van der Waals surface area contributed by atoms with Crippen LogP contribution in [0.2, 0.25) is 0 Å². The highest BCUT2D eigenvalue weighted by Crippen LogP contribution is 2.46. The van der Waals surface area contributed by atoms with Crippen LogP contribution in [0.25, 0.3) is 11.0 Å². The number of aliphatic carboxylic acids is 1. The highest BCUT2D eigenvalue weighted by Gasteiger charge is 2.49. The van der Waals surface area contributed by atoms with Crippen molar-refractivity contribution in [3.8, 4) is 11.5 Å². The molecule has 3 N–H and O–H groups in total. The van der Waals surface area contributed by atoms with Gasteiger partial charge in [0.2, 0.25) is 0 Å². The minimum absolute atomic E-state index is 0.00681. The number of amides is 1. The molecule has 2 unspecified atom stereocenters. The Kier molecular flexibility index (Phi) is 6.62. The standard InChI is InChI=1S/C30H33N5O7/c36-25-16-41-24-3-1-19(33-27(24)34-25)13-32-29-5-7-30(8-6-29,42-17-29)9-10-35-23-12-20(14-31-22(23)2-4-26(35)37)40-15-18-11-21(18)28(38)39/h1-4,12,14,18,21,32H,5-11,13,15-17H2,(H,38,39)(H,33,34,36). The van der Waals surface area contributed by atoms with Gasteiger partial charge < -0.3 is 34.5 Å². The first kappa shape index (κ1) is 26.8. The Balaban J connectivity index is 0.978. The summed E-state index contributed by atoms with van der Waals surface area (Å²) in [6.07, 6.45) is 6.65. The van der Waals surface area contributed by atoms with Gasteiger partial charge in [0.25, 0.3) is 11.5 Å². The lowest BCUT2D eigenvalue weighted by molar-refractivity contribution is -0.167. The van der Waals surface area contributed by atoms with Crippen LogP contribution in [0.15, 0.2) is 41.3 Å². The molecule has 3 aliphatic heterocycles. The van der Waals surface area contributed by atoms with Gasteiger partial charge in [0.05, 0.1) is 47.7 Å². The zero-order chi connectivity index (χ0) is 28.9. The Hall–Kier alpha value is -4.03. The number of hydrogen-bond donors (Lipinski definition) is 3. The van der Waals surface area contributed by atoms with Crippen molar-refractivity contribution in [3.05, 3.63) is 52.6 Å². The van der Waals surface area contributed by atoms with Crippen molar-refractivity contribution in [3.63, 3.8) is 0 Å². The molecule has 0 aromatic carbocycles. The van der Waals surface area contributed by atoms with Gasteiger partial charge in [-0.05, 0) is 56.7 Å². The molecule has 1 amide bonds. The average molecular weight is 576 g/mol. The number of ether oxygens (including phenoxy) is 3. The SMILES string of the molecule is O=C1COc2ccc(CNC34CCC(CCn5c(=O)ccc6ncc(OCC7CC7C(=O)O)cc65)(CC3)OC4)nc2N1. The molecule has 2 saturated carbocycles. The van der Waals surface area contributed by atoms with Crippen LogP contribution >= 0.6 is 0 Å². The lowest BCUT2D eigenvalue weighted by Crippen LogP contribution is -2.61. The zero-order valence-electron chi connectivity index (χ0n) is 23.1. The number of aromatic nitrogens is 3. The van der Waals surface area contributed by atoms with Crippen LogP contribution in [0.4, 0.5) is 5.82 Å². The van der Waals surface area contributed by atoms with Crippen molar-refractivity contribution in [2.24, 2.45) is 11.8 Å². The number of carboxylic acid groups (broad SMARTS) is 1. The van der Waals surface area contributed by atoms with E-state index in [1.807, 2.05) is 18.2 Å². The molecule has 12 nitrogen and oxygen atoms in total. The van der Waals surface area contributed by atoms with Crippen LogP contribution in [0.3, 0.4) is 0 Å². The van der Waals surface area contributed by atoms with Gasteiger partial charge in [-0.25, -0.2) is 4.98 Å². The summed E-state index contributed by atoms with van der Waals surface area (Å²) < 4.78 is 19.5. The fourth-order valence-electron chi connectivity index (χ4n) is 6.41. The number of aryl methyl sites for hydroxylation is 1. The molecule has 12 heteroatoms. The number of carbonyl (C=O) groups excluding carboxylic acids is 1. The average Bonchev–Trinajstić information content (AvgIpc) is 3.80. The van der Waals surface area contributed by atoms with Crippen LogP contribution in [0.1, 0.15) is 44.2 Å². The van der Waals surface area contributed by atoms with Gasteiger partial charge in [0, 0.05) is 36.7 Å². The molecule has 3 aromatic rings. The zero-order valence-corrected chi connectivity index (χ0v) is 23.1. The number of anilines is 1. The number of carbonyl (C=O) groups is 2. The van der Waals surface area contributed by atoms with Crippen molar-refractivity contribution in [1.82, 2.24) is 19.9 Å². The van der Waals surface area contributed by atoms with Crippen LogP contribution < -0.4 is 25.7 Å². The van der Waals surface area contributed by atoms with Crippen molar-refractivity contribution in [2.45, 2.75) is 62.8 Å². The van der Waals surface area contributed by atoms with E-state index in [0.717, 1.165) is 31.4 Å². The fourth-order valence-corrected chi connectivity index (χ4v) is 6.41. The summed E-state index contributed by atoms with van der Waals surface area (Å²) in [5.41, 5.74) is 1.70. The summed E-state index contributed by atoms with van der Waals surface area (Å²) in [5.74, 6) is 0.251. The molecule has 6 heterocycles. The molecular weight excluding hydrogens is 542 g/mol. The monoisotopic (exact) mass is 575 g/mol. The Morgan fingerprint density at radius 3 is 2.81 bits per heavy atom. The Morgan fingerprint density at radius 2 is 2.05 bits per heavy atom. The van der Waals surface area contributed by atoms with E-state index in [1.54, 1.807) is 22.9 Å². The molecule has 220 valence electrons. The number of rotatable bonds is 10. The lowest BCUT2D eigenvalue weighted by Gasteiger charge is -2.53. The predicted octanol–water partition coefficient (Wildman–Crippen LogP) is 2.48. The third-order valence-corrected chi connectivity index (χ3v) is 9.26. The van der Waals surface area contributed by atoms with Gasteiger partial charge in [-0.1, -0.05) is 0 Å². The van der Waals surface area contributed by atoms with Gasteiger partial charge in [-0.15, -0.1) is 0 Å². The van der Waals surface area contributed by atoms with Gasteiger partial charge in [-0.2, -0.15) is 0 Å². The fraction of sp³-hybridized carbons (Fsp3) is 0.500. The number of nitrogens with zero attached hydrogens (tertiary/aromatic N) is 3. The molecule has 2 atom stereocenters. The third-order valence-electron chi connectivity index (χ3n) is 9.26. The number of nitrogens with one attached hydrogen (secondary N) is 2. The van der Waals surface area contributed by atoms with E-state index in [2.05, 4.69) is 20.6 Å². The molecule has 5 aliphatic rings. The predicted molar refractivity (Wildman–Crippen MR) is 150 cm³/mol. The second-order valence-electron chi connectivity index (χ2n) is 12.0. The van der Waals surface area contributed by atoms with Crippen LogP contribution in [-0.2, 0) is 27.4 Å². The topological polar surface area (TPSA) is 154 Å². The molecule has 42 heavy (non-hydrogen) atoms. The molecule has 0 spiro atoms. The van der Waals surface area contributed by atoms with Crippen molar-refractivity contribution in [2.75, 3.05) is 25.1 Å². The van der Waals surface area contributed by atoms with Crippen molar-refractivity contribution in [1.29, 1.82) is 0 Å². The van der Waals surface area contributed by atoms with Gasteiger partial charge in [0.1, 0.15) is 5.75 Å². The van der Waals surface area contributed by atoms with Gasteiger partial charge >= 0.3 is 5.97 Å². The minimum atomic E-state index is -0.785. The summed E-state index contributed by atoms with van der Waals surface area (Å²) in [4.78, 5) is 44.7. The number of carboxylic acids is 1. The minimum Gasteiger partial charge on any atom is -0.492 e. The maximum absolute atomic E-state index is 12.9. The molecular formula is C30H33N5O7. The van der Waals surface area contributed by atoms with E-state index in [4.69, 9.17) is 19.3 Å². The third kappa shape index (κ3) is 5.20. The largest absolute Gasteiger partial charge is 0.492 e. The number of fused-ring (bicyclic) bond motifs is 5. The lowest BCUT2D eigenvalue weighted by atomic mass is 9.70. The maximum Gasteiger partial charge on any atom is 0.306 e. The summed E-state index contributed by atoms with van der Waals surface area (Å²) in [6.45, 7) is 1.97. The highest BCUT2D eigenvalue weighted by molar-refractivity contribution is 5.94. The molecule has 0 radical (unpaired) electrons. The van der Waals surface area contributed by atoms with Crippen molar-refractivity contribution >= 4 is 28.7 Å². The molecule has 3 aromatic heterocycles. The van der Waals surface area contributed by atoms with Crippen LogP contribution in [0, 0.1) is 11.8 Å². The van der Waals surface area contributed by atoms with E-state index >= 15 is 0 Å². The molecule has 2 aliphatic carbocycles. The number of pyridine rings is 3. The van der Waals surface area contributed by atoms with Crippen LogP contribution in [-0.4, -0.2) is 62.5 Å². The second-order valence-corrected chi connectivity index (χ2v) is 12.0. The summed E-state index contributed by atoms with van der Waals surface area (Å²) in [5, 5.41) is 15.6. The Labute approximate surface area is 241 Å². The van der Waals surface area contributed by atoms with E-state index < -0.39 is 5.97 Å². The quantitative estimate of drug-likeness (QED) is 0.329. The van der Waals surface area contributed by atoms with Gasteiger partial charge in [0.15, 0.2) is 18.2 Å². The first-order valence-electron chi connectivity index (χ1n) is 14.5. The summed E-state index contributed by atoms with van der Waals surface area (Å²) in [6, 6.07) is 8.82.